The fourth-order valence-corrected chi connectivity index (χ4v) is 2.94. The van der Waals surface area contributed by atoms with Gasteiger partial charge in [0.1, 0.15) is 0 Å². The van der Waals surface area contributed by atoms with Gasteiger partial charge in [0, 0.05) is 41.1 Å². The van der Waals surface area contributed by atoms with Crippen molar-refractivity contribution in [3.8, 4) is 11.1 Å². The summed E-state index contributed by atoms with van der Waals surface area (Å²) in [6, 6.07) is 6.00. The second-order valence-electron chi connectivity index (χ2n) is 5.95. The van der Waals surface area contributed by atoms with Gasteiger partial charge in [0.05, 0.1) is 4.92 Å². The summed E-state index contributed by atoms with van der Waals surface area (Å²) in [4.78, 5) is 38.3. The van der Waals surface area contributed by atoms with E-state index in [1.54, 1.807) is 26.0 Å². The molecular weight excluding hydrogens is 340 g/mol. The molecule has 9 heteroatoms. The van der Waals surface area contributed by atoms with Crippen LogP contribution in [0.3, 0.4) is 0 Å². The van der Waals surface area contributed by atoms with E-state index in [-0.39, 0.29) is 24.1 Å². The van der Waals surface area contributed by atoms with Gasteiger partial charge in [-0.1, -0.05) is 0 Å². The molecule has 0 aliphatic heterocycles. The maximum Gasteiger partial charge on any atom is 0.303 e. The van der Waals surface area contributed by atoms with Gasteiger partial charge in [-0.2, -0.15) is 0 Å². The Kier molecular flexibility index (Phi) is 4.29. The molecule has 0 fully saturated rings. The highest BCUT2D eigenvalue weighted by atomic mass is 16.6. The van der Waals surface area contributed by atoms with E-state index >= 15 is 0 Å². The highest BCUT2D eigenvalue weighted by Gasteiger charge is 2.18. The number of carbonyl (C=O) groups is 1. The molecule has 3 rings (SSSR count). The quantitative estimate of drug-likeness (QED) is 0.532. The van der Waals surface area contributed by atoms with Crippen molar-refractivity contribution in [1.82, 2.24) is 14.6 Å². The fraction of sp³-hybridized carbons (Fsp3) is 0.235. The van der Waals surface area contributed by atoms with Crippen LogP contribution in [0.4, 0.5) is 5.69 Å². The van der Waals surface area contributed by atoms with Crippen LogP contribution in [0.2, 0.25) is 0 Å². The lowest BCUT2D eigenvalue weighted by molar-refractivity contribution is -0.384. The Morgan fingerprint density at radius 1 is 1.31 bits per heavy atom. The molecule has 134 valence electrons. The van der Waals surface area contributed by atoms with E-state index in [0.717, 1.165) is 0 Å². The fourth-order valence-electron chi connectivity index (χ4n) is 2.94. The molecule has 2 N–H and O–H groups in total. The molecule has 0 amide bonds. The number of nitrogens with one attached hydrogen (secondary N) is 1. The normalized spacial score (nSPS) is 11.0. The highest BCUT2D eigenvalue weighted by Crippen LogP contribution is 2.28. The summed E-state index contributed by atoms with van der Waals surface area (Å²) < 4.78 is 1.29. The molecule has 0 radical (unpaired) electrons. The van der Waals surface area contributed by atoms with E-state index in [1.165, 1.54) is 16.6 Å². The molecule has 0 saturated heterocycles. The average Bonchev–Trinajstić information content (AvgIpc) is 2.90. The first kappa shape index (κ1) is 17.3. The van der Waals surface area contributed by atoms with Crippen molar-refractivity contribution >= 4 is 17.3 Å². The minimum absolute atomic E-state index is 0.0245. The number of nitrogens with zero attached hydrogens (tertiary/aromatic N) is 3. The lowest BCUT2D eigenvalue weighted by Gasteiger charge is -2.05. The third-order valence-corrected chi connectivity index (χ3v) is 4.22. The standard InChI is InChI=1S/C17H16N4O5/c1-9-13(7-8-14(22)23)17(24)20-16(18-9)15(10(2)19-20)11-3-5-12(6-4-11)21(25)26/h3-6,19H,7-8H2,1-2H3,(H,22,23). The average molecular weight is 356 g/mol. The van der Waals surface area contributed by atoms with Crippen LogP contribution in [0, 0.1) is 24.0 Å². The molecule has 0 bridgehead atoms. The number of hydrogen-bond donors (Lipinski definition) is 2. The number of nitro groups is 1. The summed E-state index contributed by atoms with van der Waals surface area (Å²) in [5.41, 5.74) is 2.89. The number of rotatable bonds is 5. The Morgan fingerprint density at radius 3 is 2.54 bits per heavy atom. The van der Waals surface area contributed by atoms with Gasteiger partial charge >= 0.3 is 5.97 Å². The van der Waals surface area contributed by atoms with Crippen molar-refractivity contribution in [2.24, 2.45) is 0 Å². The molecule has 3 aromatic rings. The highest BCUT2D eigenvalue weighted by molar-refractivity contribution is 5.80. The van der Waals surface area contributed by atoms with Gasteiger partial charge in [0.25, 0.3) is 11.2 Å². The number of aromatic nitrogens is 3. The summed E-state index contributed by atoms with van der Waals surface area (Å²) >= 11 is 0. The zero-order valence-electron chi connectivity index (χ0n) is 14.1. The number of nitro benzene ring substituents is 1. The van der Waals surface area contributed by atoms with Crippen LogP contribution in [0.25, 0.3) is 16.8 Å². The summed E-state index contributed by atoms with van der Waals surface area (Å²) in [6.07, 6.45) is -0.0560. The van der Waals surface area contributed by atoms with Crippen molar-refractivity contribution in [3.05, 3.63) is 61.7 Å². The molecule has 2 heterocycles. The molecule has 1 aromatic carbocycles. The van der Waals surface area contributed by atoms with Crippen LogP contribution in [-0.2, 0) is 11.2 Å². The summed E-state index contributed by atoms with van der Waals surface area (Å²) in [7, 11) is 0. The number of aryl methyl sites for hydroxylation is 2. The SMILES string of the molecule is Cc1nc2c(-c3ccc([N+](=O)[O-])cc3)c(C)[nH]n2c(=O)c1CCC(=O)O. The maximum atomic E-state index is 12.7. The van der Waals surface area contributed by atoms with Gasteiger partial charge in [0.2, 0.25) is 0 Å². The van der Waals surface area contributed by atoms with E-state index in [1.807, 2.05) is 0 Å². The number of carboxylic acid groups (broad SMARTS) is 1. The van der Waals surface area contributed by atoms with E-state index in [9.17, 15) is 19.7 Å². The van der Waals surface area contributed by atoms with Crippen LogP contribution >= 0.6 is 0 Å². The molecule has 0 atom stereocenters. The molecule has 9 nitrogen and oxygen atoms in total. The van der Waals surface area contributed by atoms with E-state index in [4.69, 9.17) is 5.11 Å². The number of hydrogen-bond acceptors (Lipinski definition) is 5. The number of aromatic amines is 1. The molecule has 0 aliphatic rings. The molecule has 26 heavy (non-hydrogen) atoms. The molecule has 2 aromatic heterocycles. The van der Waals surface area contributed by atoms with Gasteiger partial charge in [-0.15, -0.1) is 0 Å². The number of aliphatic carboxylic acids is 1. The van der Waals surface area contributed by atoms with Crippen LogP contribution < -0.4 is 5.56 Å². The van der Waals surface area contributed by atoms with E-state index < -0.39 is 10.9 Å². The maximum absolute atomic E-state index is 12.7. The first-order chi connectivity index (χ1) is 12.3. The Balaban J connectivity index is 2.16. The number of carboxylic acids is 1. The summed E-state index contributed by atoms with van der Waals surface area (Å²) in [5.74, 6) is -0.983. The van der Waals surface area contributed by atoms with Crippen LogP contribution in [0.5, 0.6) is 0 Å². The Morgan fingerprint density at radius 2 is 1.96 bits per heavy atom. The van der Waals surface area contributed by atoms with Crippen LogP contribution in [-0.4, -0.2) is 30.6 Å². The Labute approximate surface area is 147 Å². The number of benzene rings is 1. The van der Waals surface area contributed by atoms with Crippen molar-refractivity contribution in [2.45, 2.75) is 26.7 Å². The van der Waals surface area contributed by atoms with Gasteiger partial charge in [-0.25, -0.2) is 9.50 Å². The smallest absolute Gasteiger partial charge is 0.303 e. The predicted molar refractivity (Wildman–Crippen MR) is 93.3 cm³/mol. The topological polar surface area (TPSA) is 131 Å². The second-order valence-corrected chi connectivity index (χ2v) is 5.95. The third kappa shape index (κ3) is 2.94. The zero-order valence-corrected chi connectivity index (χ0v) is 14.1. The van der Waals surface area contributed by atoms with Gasteiger partial charge in [-0.05, 0) is 38.0 Å². The number of non-ortho nitro benzene ring substituents is 1. The van der Waals surface area contributed by atoms with Gasteiger partial charge in [-0.3, -0.25) is 24.8 Å². The summed E-state index contributed by atoms with van der Waals surface area (Å²) in [6.45, 7) is 3.44. The Bertz CT molecular complexity index is 1080. The molecule has 0 saturated carbocycles. The van der Waals surface area contributed by atoms with Crippen LogP contribution in [0.1, 0.15) is 23.4 Å². The lowest BCUT2D eigenvalue weighted by Crippen LogP contribution is -2.22. The third-order valence-electron chi connectivity index (χ3n) is 4.22. The lowest BCUT2D eigenvalue weighted by atomic mass is 10.1. The van der Waals surface area contributed by atoms with E-state index in [0.29, 0.717) is 33.7 Å². The van der Waals surface area contributed by atoms with E-state index in [2.05, 4.69) is 10.1 Å². The largest absolute Gasteiger partial charge is 0.481 e. The summed E-state index contributed by atoms with van der Waals surface area (Å²) in [5, 5.41) is 22.6. The number of H-pyrrole nitrogens is 1. The first-order valence-corrected chi connectivity index (χ1v) is 7.87. The molecular formula is C17H16N4O5. The molecule has 0 aliphatic carbocycles. The Hall–Kier alpha value is -3.49. The number of fused-ring (bicyclic) bond motifs is 1. The van der Waals surface area contributed by atoms with Crippen molar-refractivity contribution < 1.29 is 14.8 Å². The van der Waals surface area contributed by atoms with Crippen LogP contribution in [0.15, 0.2) is 29.1 Å². The van der Waals surface area contributed by atoms with Gasteiger partial charge < -0.3 is 5.11 Å². The minimum atomic E-state index is -0.983. The zero-order chi connectivity index (χ0) is 19.0. The molecule has 0 unspecified atom stereocenters. The minimum Gasteiger partial charge on any atom is -0.481 e. The monoisotopic (exact) mass is 356 g/mol. The van der Waals surface area contributed by atoms with Crippen molar-refractivity contribution in [1.29, 1.82) is 0 Å². The molecule has 0 spiro atoms. The second kappa shape index (κ2) is 6.43. The van der Waals surface area contributed by atoms with Crippen molar-refractivity contribution in [2.75, 3.05) is 0 Å². The predicted octanol–water partition coefficient (Wildman–Crippen LogP) is 2.23. The van der Waals surface area contributed by atoms with Crippen molar-refractivity contribution in [3.63, 3.8) is 0 Å². The van der Waals surface area contributed by atoms with Gasteiger partial charge in [0.15, 0.2) is 5.65 Å². The first-order valence-electron chi connectivity index (χ1n) is 7.87.